The van der Waals surface area contributed by atoms with E-state index in [2.05, 4.69) is 21.2 Å². The number of ether oxygens (including phenoxy) is 1. The zero-order valence-corrected chi connectivity index (χ0v) is 25.3. The average Bonchev–Trinajstić information content (AvgIpc) is 3.53. The number of nitrogens with zero attached hydrogens (tertiary/aromatic N) is 4. The average molecular weight is 612 g/mol. The van der Waals surface area contributed by atoms with Crippen LogP contribution in [0.15, 0.2) is 54.6 Å². The van der Waals surface area contributed by atoms with Crippen LogP contribution >= 0.6 is 0 Å². The second-order valence-corrected chi connectivity index (χ2v) is 11.8. The standard InChI is InChI=1S/C33H40F3N5O3/c1-23-4-8-27(9-5-23)41(31(42)26-14-20-40(21-15-26)32(43)33(34,35)36)17-3-16-39-18-12-25(13-19-39)30-22-29(37-38-30)24-6-10-28(44-2)11-7-24/h4-11,22,25-26H,3,12-21H2,1-2H3,(H,37,38). The number of amides is 2. The molecule has 3 aromatic rings. The van der Waals surface area contributed by atoms with Gasteiger partial charge in [-0.3, -0.25) is 14.7 Å². The number of aryl methyl sites for hydroxylation is 1. The van der Waals surface area contributed by atoms with Crippen LogP contribution in [0.1, 0.15) is 49.3 Å². The van der Waals surface area contributed by atoms with Gasteiger partial charge in [-0.1, -0.05) is 17.7 Å². The summed E-state index contributed by atoms with van der Waals surface area (Å²) in [7, 11) is 1.65. The Morgan fingerprint density at radius 3 is 2.25 bits per heavy atom. The molecule has 0 bridgehead atoms. The van der Waals surface area contributed by atoms with Gasteiger partial charge in [0.1, 0.15) is 5.75 Å². The van der Waals surface area contributed by atoms with Crippen LogP contribution in [-0.4, -0.2) is 84.4 Å². The summed E-state index contributed by atoms with van der Waals surface area (Å²) in [5, 5.41) is 7.77. The topological polar surface area (TPSA) is 81.8 Å². The Hall–Kier alpha value is -3.86. The molecule has 0 radical (unpaired) electrons. The van der Waals surface area contributed by atoms with Gasteiger partial charge in [-0.25, -0.2) is 0 Å². The van der Waals surface area contributed by atoms with Gasteiger partial charge in [-0.15, -0.1) is 0 Å². The normalized spacial score (nSPS) is 17.1. The van der Waals surface area contributed by atoms with Gasteiger partial charge in [-0.2, -0.15) is 18.3 Å². The number of aromatic nitrogens is 2. The van der Waals surface area contributed by atoms with Crippen molar-refractivity contribution >= 4 is 17.5 Å². The Morgan fingerprint density at radius 2 is 1.64 bits per heavy atom. The Labute approximate surface area is 256 Å². The second-order valence-electron chi connectivity index (χ2n) is 11.8. The maximum absolute atomic E-state index is 13.6. The Balaban J connectivity index is 1.13. The molecule has 2 saturated heterocycles. The molecule has 44 heavy (non-hydrogen) atoms. The number of piperidine rings is 2. The number of halogens is 3. The van der Waals surface area contributed by atoms with E-state index < -0.39 is 18.0 Å². The van der Waals surface area contributed by atoms with Gasteiger partial charge < -0.3 is 19.4 Å². The van der Waals surface area contributed by atoms with Crippen molar-refractivity contribution < 1.29 is 27.5 Å². The van der Waals surface area contributed by atoms with E-state index in [4.69, 9.17) is 4.74 Å². The number of benzene rings is 2. The second kappa shape index (κ2) is 13.8. The molecule has 2 amide bonds. The van der Waals surface area contributed by atoms with Crippen molar-refractivity contribution in [2.24, 2.45) is 5.92 Å². The molecule has 1 N–H and O–H groups in total. The van der Waals surface area contributed by atoms with Crippen LogP contribution in [0.3, 0.4) is 0 Å². The maximum atomic E-state index is 13.6. The van der Waals surface area contributed by atoms with E-state index in [1.807, 2.05) is 55.5 Å². The van der Waals surface area contributed by atoms with Gasteiger partial charge in [0.15, 0.2) is 0 Å². The number of carbonyl (C=O) groups excluding carboxylic acids is 2. The molecule has 0 unspecified atom stereocenters. The summed E-state index contributed by atoms with van der Waals surface area (Å²) in [6.07, 6.45) is -1.63. The first-order chi connectivity index (χ1) is 21.1. The lowest BCUT2D eigenvalue weighted by Crippen LogP contribution is -2.48. The summed E-state index contributed by atoms with van der Waals surface area (Å²) in [4.78, 5) is 30.3. The molecular formula is C33H40F3N5O3. The molecule has 5 rings (SSSR count). The summed E-state index contributed by atoms with van der Waals surface area (Å²) in [6, 6.07) is 17.8. The number of rotatable bonds is 9. The third-order valence-electron chi connectivity index (χ3n) is 8.85. The predicted molar refractivity (Wildman–Crippen MR) is 162 cm³/mol. The molecule has 8 nitrogen and oxygen atoms in total. The molecule has 0 spiro atoms. The Bertz CT molecular complexity index is 1390. The minimum absolute atomic E-state index is 0.0661. The highest BCUT2D eigenvalue weighted by Gasteiger charge is 2.44. The smallest absolute Gasteiger partial charge is 0.471 e. The summed E-state index contributed by atoms with van der Waals surface area (Å²) >= 11 is 0. The largest absolute Gasteiger partial charge is 0.497 e. The van der Waals surface area contributed by atoms with Crippen LogP contribution in [-0.2, 0) is 9.59 Å². The van der Waals surface area contributed by atoms with E-state index in [9.17, 15) is 22.8 Å². The SMILES string of the molecule is COc1ccc(-c2cc(C3CCN(CCCN(C(=O)C4CCN(C(=O)C(F)(F)F)CC4)c4ccc(C)cc4)CC3)[nH]n2)cc1. The van der Waals surface area contributed by atoms with Crippen LogP contribution in [0.25, 0.3) is 11.3 Å². The van der Waals surface area contributed by atoms with E-state index in [1.54, 1.807) is 12.0 Å². The van der Waals surface area contributed by atoms with Crippen LogP contribution in [0.5, 0.6) is 5.75 Å². The van der Waals surface area contributed by atoms with Crippen molar-refractivity contribution in [2.75, 3.05) is 51.3 Å². The predicted octanol–water partition coefficient (Wildman–Crippen LogP) is 5.80. The lowest BCUT2D eigenvalue weighted by Gasteiger charge is -2.35. The molecule has 2 aliphatic rings. The summed E-state index contributed by atoms with van der Waals surface area (Å²) in [5.41, 5.74) is 4.98. The van der Waals surface area contributed by atoms with E-state index in [0.29, 0.717) is 12.5 Å². The van der Waals surface area contributed by atoms with Crippen LogP contribution in [0.4, 0.5) is 18.9 Å². The number of carbonyl (C=O) groups is 2. The van der Waals surface area contributed by atoms with Crippen molar-refractivity contribution in [1.82, 2.24) is 20.0 Å². The summed E-state index contributed by atoms with van der Waals surface area (Å²) in [6.45, 7) is 5.12. The highest BCUT2D eigenvalue weighted by atomic mass is 19.4. The van der Waals surface area contributed by atoms with Crippen molar-refractivity contribution in [3.05, 3.63) is 65.9 Å². The van der Waals surface area contributed by atoms with Crippen molar-refractivity contribution in [2.45, 2.75) is 51.1 Å². The highest BCUT2D eigenvalue weighted by molar-refractivity contribution is 5.95. The molecule has 2 aliphatic heterocycles. The van der Waals surface area contributed by atoms with Crippen LogP contribution in [0, 0.1) is 12.8 Å². The number of nitrogens with one attached hydrogen (secondary N) is 1. The Morgan fingerprint density at radius 1 is 0.977 bits per heavy atom. The zero-order chi connectivity index (χ0) is 31.3. The van der Waals surface area contributed by atoms with Gasteiger partial charge in [0, 0.05) is 48.4 Å². The van der Waals surface area contributed by atoms with E-state index >= 15 is 0 Å². The monoisotopic (exact) mass is 611 g/mol. The molecule has 0 saturated carbocycles. The lowest BCUT2D eigenvalue weighted by molar-refractivity contribution is -0.186. The van der Waals surface area contributed by atoms with Crippen LogP contribution < -0.4 is 9.64 Å². The van der Waals surface area contributed by atoms with Gasteiger partial charge in [0.2, 0.25) is 5.91 Å². The third kappa shape index (κ3) is 7.61. The number of H-pyrrole nitrogens is 1. The molecule has 3 heterocycles. The van der Waals surface area contributed by atoms with Gasteiger partial charge in [-0.05, 0) is 101 Å². The third-order valence-corrected chi connectivity index (χ3v) is 8.85. The number of hydrogen-bond acceptors (Lipinski definition) is 5. The van der Waals surface area contributed by atoms with Gasteiger partial charge in [0.05, 0.1) is 12.8 Å². The van der Waals surface area contributed by atoms with Gasteiger partial charge >= 0.3 is 12.1 Å². The van der Waals surface area contributed by atoms with Gasteiger partial charge in [0.25, 0.3) is 0 Å². The number of anilines is 1. The molecule has 2 fully saturated rings. The quantitative estimate of drug-likeness (QED) is 0.331. The minimum atomic E-state index is -4.89. The lowest BCUT2D eigenvalue weighted by atomic mass is 9.93. The van der Waals surface area contributed by atoms with E-state index in [1.165, 1.54) is 0 Å². The van der Waals surface area contributed by atoms with Crippen molar-refractivity contribution in [3.8, 4) is 17.0 Å². The molecule has 2 aromatic carbocycles. The first-order valence-electron chi connectivity index (χ1n) is 15.3. The first-order valence-corrected chi connectivity index (χ1v) is 15.3. The van der Waals surface area contributed by atoms with E-state index in [-0.39, 0.29) is 31.8 Å². The molecule has 0 aliphatic carbocycles. The number of hydrogen-bond donors (Lipinski definition) is 1. The number of alkyl halides is 3. The Kier molecular flexibility index (Phi) is 9.93. The minimum Gasteiger partial charge on any atom is -0.497 e. The fraction of sp³-hybridized carbons (Fsp3) is 0.485. The fourth-order valence-electron chi connectivity index (χ4n) is 6.20. The number of methoxy groups -OCH3 is 1. The zero-order valence-electron chi connectivity index (χ0n) is 25.3. The summed E-state index contributed by atoms with van der Waals surface area (Å²) < 4.78 is 43.9. The summed E-state index contributed by atoms with van der Waals surface area (Å²) in [5.74, 6) is -1.11. The molecule has 1 aromatic heterocycles. The number of likely N-dealkylation sites (tertiary alicyclic amines) is 2. The van der Waals surface area contributed by atoms with E-state index in [0.717, 1.165) is 77.7 Å². The van der Waals surface area contributed by atoms with Crippen molar-refractivity contribution in [1.29, 1.82) is 0 Å². The molecule has 236 valence electrons. The van der Waals surface area contributed by atoms with Crippen molar-refractivity contribution in [3.63, 3.8) is 0 Å². The molecule has 11 heteroatoms. The molecular weight excluding hydrogens is 571 g/mol. The highest BCUT2D eigenvalue weighted by Crippen LogP contribution is 2.31. The number of aromatic amines is 1. The maximum Gasteiger partial charge on any atom is 0.471 e. The fourth-order valence-corrected chi connectivity index (χ4v) is 6.20. The first kappa shape index (κ1) is 31.6. The van der Waals surface area contributed by atoms with Crippen LogP contribution in [0.2, 0.25) is 0 Å². The molecule has 0 atom stereocenters.